The van der Waals surface area contributed by atoms with E-state index in [4.69, 9.17) is 0 Å². The van der Waals surface area contributed by atoms with Gasteiger partial charge in [0, 0.05) is 29.3 Å². The van der Waals surface area contributed by atoms with E-state index < -0.39 is 0 Å². The Labute approximate surface area is 120 Å². The molecule has 0 aliphatic heterocycles. The van der Waals surface area contributed by atoms with Crippen LogP contribution in [0.1, 0.15) is 11.1 Å². The predicted octanol–water partition coefficient (Wildman–Crippen LogP) is 3.72. The summed E-state index contributed by atoms with van der Waals surface area (Å²) >= 11 is 3.38. The molecule has 0 atom stereocenters. The van der Waals surface area contributed by atoms with E-state index >= 15 is 0 Å². The third kappa shape index (κ3) is 3.55. The number of halogens is 2. The van der Waals surface area contributed by atoms with Gasteiger partial charge in [0.15, 0.2) is 0 Å². The molecule has 4 heteroatoms. The van der Waals surface area contributed by atoms with Crippen LogP contribution in [0.15, 0.2) is 46.9 Å². The number of aliphatic hydroxyl groups excluding tert-OH is 1. The summed E-state index contributed by atoms with van der Waals surface area (Å²) in [6, 6.07) is 12.3. The molecule has 0 bridgehead atoms. The fourth-order valence-corrected chi connectivity index (χ4v) is 2.46. The number of aliphatic hydroxyl groups is 1. The summed E-state index contributed by atoms with van der Waals surface area (Å²) in [6.07, 6.45) is 0. The highest BCUT2D eigenvalue weighted by molar-refractivity contribution is 9.10. The van der Waals surface area contributed by atoms with Gasteiger partial charge in [0.2, 0.25) is 0 Å². The zero-order valence-corrected chi connectivity index (χ0v) is 12.2. The van der Waals surface area contributed by atoms with Crippen LogP contribution >= 0.6 is 15.9 Å². The summed E-state index contributed by atoms with van der Waals surface area (Å²) in [5.41, 5.74) is 2.68. The van der Waals surface area contributed by atoms with Crippen LogP contribution in [0.4, 0.5) is 10.1 Å². The smallest absolute Gasteiger partial charge is 0.123 e. The average molecular weight is 324 g/mol. The van der Waals surface area contributed by atoms with Crippen LogP contribution in [-0.2, 0) is 13.2 Å². The molecule has 2 rings (SSSR count). The van der Waals surface area contributed by atoms with Crippen LogP contribution in [0.25, 0.3) is 0 Å². The Balaban J connectivity index is 2.22. The second kappa shape index (κ2) is 6.17. The lowest BCUT2D eigenvalue weighted by Gasteiger charge is -2.22. The average Bonchev–Trinajstić information content (AvgIpc) is 2.38. The van der Waals surface area contributed by atoms with E-state index in [-0.39, 0.29) is 12.4 Å². The van der Waals surface area contributed by atoms with E-state index in [2.05, 4.69) is 15.9 Å². The van der Waals surface area contributed by atoms with Crippen molar-refractivity contribution >= 4 is 21.6 Å². The molecule has 0 aliphatic rings. The van der Waals surface area contributed by atoms with Gasteiger partial charge in [-0.05, 0) is 35.9 Å². The Kier molecular flexibility index (Phi) is 4.56. The molecule has 0 unspecified atom stereocenters. The van der Waals surface area contributed by atoms with Crippen LogP contribution in [0, 0.1) is 5.82 Å². The van der Waals surface area contributed by atoms with Crippen LogP contribution in [0.2, 0.25) is 0 Å². The standard InChI is InChI=1S/C15H15BrFNO/c1-18(9-11-3-2-4-14(17)7-11)15-6-5-13(16)8-12(15)10-19/h2-8,19H,9-10H2,1H3. The van der Waals surface area contributed by atoms with Gasteiger partial charge in [-0.1, -0.05) is 28.1 Å². The van der Waals surface area contributed by atoms with E-state index in [0.717, 1.165) is 21.3 Å². The zero-order chi connectivity index (χ0) is 13.8. The molecule has 0 saturated carbocycles. The lowest BCUT2D eigenvalue weighted by Crippen LogP contribution is -2.18. The molecule has 2 aromatic rings. The number of nitrogens with zero attached hydrogens (tertiary/aromatic N) is 1. The Morgan fingerprint density at radius 1 is 1.21 bits per heavy atom. The van der Waals surface area contributed by atoms with Crippen LogP contribution in [0.3, 0.4) is 0 Å². The molecule has 2 aromatic carbocycles. The van der Waals surface area contributed by atoms with Gasteiger partial charge in [-0.3, -0.25) is 0 Å². The highest BCUT2D eigenvalue weighted by Crippen LogP contribution is 2.25. The third-order valence-corrected chi connectivity index (χ3v) is 3.43. The molecule has 19 heavy (non-hydrogen) atoms. The van der Waals surface area contributed by atoms with Gasteiger partial charge >= 0.3 is 0 Å². The molecular weight excluding hydrogens is 309 g/mol. The normalized spacial score (nSPS) is 10.5. The van der Waals surface area contributed by atoms with Crippen molar-refractivity contribution in [3.63, 3.8) is 0 Å². The number of anilines is 1. The number of hydrogen-bond donors (Lipinski definition) is 1. The maximum Gasteiger partial charge on any atom is 0.123 e. The molecule has 0 radical (unpaired) electrons. The van der Waals surface area contributed by atoms with Gasteiger partial charge in [-0.25, -0.2) is 4.39 Å². The molecule has 0 heterocycles. The summed E-state index contributed by atoms with van der Waals surface area (Å²) < 4.78 is 14.1. The Hall–Kier alpha value is -1.39. The van der Waals surface area contributed by atoms with Gasteiger partial charge in [0.25, 0.3) is 0 Å². The first-order chi connectivity index (χ1) is 9.10. The van der Waals surface area contributed by atoms with Crippen molar-refractivity contribution in [2.24, 2.45) is 0 Å². The summed E-state index contributed by atoms with van der Waals surface area (Å²) in [7, 11) is 1.92. The van der Waals surface area contributed by atoms with Gasteiger partial charge in [0.05, 0.1) is 6.61 Å². The highest BCUT2D eigenvalue weighted by atomic mass is 79.9. The van der Waals surface area contributed by atoms with Crippen molar-refractivity contribution in [2.75, 3.05) is 11.9 Å². The number of rotatable bonds is 4. The predicted molar refractivity (Wildman–Crippen MR) is 78.6 cm³/mol. The quantitative estimate of drug-likeness (QED) is 0.927. The first-order valence-electron chi connectivity index (χ1n) is 5.95. The highest BCUT2D eigenvalue weighted by Gasteiger charge is 2.08. The fourth-order valence-electron chi connectivity index (χ4n) is 2.05. The molecule has 0 saturated heterocycles. The van der Waals surface area contributed by atoms with Gasteiger partial charge < -0.3 is 10.0 Å². The summed E-state index contributed by atoms with van der Waals surface area (Å²) in [4.78, 5) is 1.99. The first kappa shape index (κ1) is 14.0. The van der Waals surface area contributed by atoms with E-state index in [9.17, 15) is 9.50 Å². The molecule has 0 spiro atoms. The molecular formula is C15H15BrFNO. The zero-order valence-electron chi connectivity index (χ0n) is 10.6. The van der Waals surface area contributed by atoms with Crippen molar-refractivity contribution in [1.82, 2.24) is 0 Å². The van der Waals surface area contributed by atoms with Crippen LogP contribution < -0.4 is 4.90 Å². The Morgan fingerprint density at radius 2 is 2.00 bits per heavy atom. The van der Waals surface area contributed by atoms with Gasteiger partial charge in [0.1, 0.15) is 5.82 Å². The molecule has 1 N–H and O–H groups in total. The molecule has 2 nitrogen and oxygen atoms in total. The van der Waals surface area contributed by atoms with Crippen molar-refractivity contribution in [2.45, 2.75) is 13.2 Å². The molecule has 100 valence electrons. The van der Waals surface area contributed by atoms with Crippen molar-refractivity contribution in [1.29, 1.82) is 0 Å². The van der Waals surface area contributed by atoms with Crippen molar-refractivity contribution in [3.05, 3.63) is 63.9 Å². The number of hydrogen-bond acceptors (Lipinski definition) is 2. The van der Waals surface area contributed by atoms with Crippen molar-refractivity contribution in [3.8, 4) is 0 Å². The molecule has 0 aromatic heterocycles. The largest absolute Gasteiger partial charge is 0.392 e. The molecule has 0 aliphatic carbocycles. The second-order valence-electron chi connectivity index (χ2n) is 4.42. The first-order valence-corrected chi connectivity index (χ1v) is 6.74. The summed E-state index contributed by atoms with van der Waals surface area (Å²) in [5, 5.41) is 9.39. The topological polar surface area (TPSA) is 23.5 Å². The number of benzene rings is 2. The Bertz CT molecular complexity index is 574. The molecule has 0 amide bonds. The maximum absolute atomic E-state index is 13.2. The summed E-state index contributed by atoms with van der Waals surface area (Å²) in [6.45, 7) is 0.564. The minimum absolute atomic E-state index is 0.0255. The third-order valence-electron chi connectivity index (χ3n) is 2.93. The molecule has 0 fully saturated rings. The van der Waals surface area contributed by atoms with Crippen LogP contribution in [-0.4, -0.2) is 12.2 Å². The monoisotopic (exact) mass is 323 g/mol. The minimum Gasteiger partial charge on any atom is -0.392 e. The van der Waals surface area contributed by atoms with E-state index in [1.54, 1.807) is 6.07 Å². The lowest BCUT2D eigenvalue weighted by molar-refractivity contribution is 0.282. The van der Waals surface area contributed by atoms with E-state index in [0.29, 0.717) is 6.54 Å². The second-order valence-corrected chi connectivity index (χ2v) is 5.33. The maximum atomic E-state index is 13.2. The van der Waals surface area contributed by atoms with E-state index in [1.165, 1.54) is 12.1 Å². The Morgan fingerprint density at radius 3 is 2.68 bits per heavy atom. The van der Waals surface area contributed by atoms with Gasteiger partial charge in [-0.15, -0.1) is 0 Å². The summed E-state index contributed by atoms with van der Waals surface area (Å²) in [5.74, 6) is -0.232. The lowest BCUT2D eigenvalue weighted by atomic mass is 10.1. The SMILES string of the molecule is CN(Cc1cccc(F)c1)c1ccc(Br)cc1CO. The van der Waals surface area contributed by atoms with Crippen molar-refractivity contribution < 1.29 is 9.50 Å². The van der Waals surface area contributed by atoms with Crippen LogP contribution in [0.5, 0.6) is 0 Å². The van der Waals surface area contributed by atoms with Gasteiger partial charge in [-0.2, -0.15) is 0 Å². The van der Waals surface area contributed by atoms with E-state index in [1.807, 2.05) is 36.2 Å². The fraction of sp³-hybridized carbons (Fsp3) is 0.200. The minimum atomic E-state index is -0.232.